The maximum absolute atomic E-state index is 12.8. The van der Waals surface area contributed by atoms with Crippen molar-refractivity contribution >= 4 is 44.0 Å². The minimum atomic E-state index is -0.244. The lowest BCUT2D eigenvalue weighted by Crippen LogP contribution is -2.46. The molecule has 3 heterocycles. The highest BCUT2D eigenvalue weighted by Gasteiger charge is 2.18. The fourth-order valence-electron chi connectivity index (χ4n) is 7.26. The average molecular weight is 716 g/mol. The second kappa shape index (κ2) is 21.9. The number of aromatic nitrogens is 1. The van der Waals surface area contributed by atoms with Crippen LogP contribution < -0.4 is 15.2 Å². The van der Waals surface area contributed by atoms with E-state index in [4.69, 9.17) is 9.47 Å². The van der Waals surface area contributed by atoms with E-state index in [1.165, 1.54) is 103 Å². The number of piperazine rings is 1. The van der Waals surface area contributed by atoms with E-state index < -0.39 is 0 Å². The third-order valence-corrected chi connectivity index (χ3v) is 11.3. The Bertz CT molecular complexity index is 1660. The summed E-state index contributed by atoms with van der Waals surface area (Å²) in [5.74, 6) is 0.485. The number of nitrogens with zero attached hydrogens (tertiary/aromatic N) is 3. The molecule has 1 aliphatic heterocycles. The molecule has 5 rings (SSSR count). The average Bonchev–Trinajstić information content (AvgIpc) is 3.64. The fourth-order valence-corrected chi connectivity index (χ4v) is 8.06. The predicted molar refractivity (Wildman–Crippen MR) is 214 cm³/mol. The summed E-state index contributed by atoms with van der Waals surface area (Å²) in [6, 6.07) is 18.0. The molecule has 0 atom stereocenters. The lowest BCUT2D eigenvalue weighted by molar-refractivity contribution is -0.147. The van der Waals surface area contributed by atoms with Crippen molar-refractivity contribution in [2.75, 3.05) is 44.2 Å². The number of hydrogen-bond acceptors (Lipinski definition) is 7. The Hall–Kier alpha value is -3.36. The second-order valence-corrected chi connectivity index (χ2v) is 15.3. The monoisotopic (exact) mass is 715 g/mol. The molecule has 4 aromatic rings. The number of fused-ring (bicyclic) bond motifs is 2. The molecular weight excluding hydrogens is 655 g/mol. The molecule has 0 saturated carbocycles. The molecule has 1 saturated heterocycles. The highest BCUT2D eigenvalue weighted by molar-refractivity contribution is 7.17. The molecule has 0 bridgehead atoms. The number of unbranched alkanes of at least 4 members (excludes halogenated alkanes) is 14. The molecule has 0 amide bonds. The SMILES string of the molecule is CCCCCCCCCCCCCCCCC(=O)OCn1c(=O)ccc2ccc(OCCCCN3CCN(c4cccc5sccc45)CC3)cc21. The smallest absolute Gasteiger partial charge is 0.307 e. The van der Waals surface area contributed by atoms with Crippen LogP contribution in [0.15, 0.2) is 64.8 Å². The van der Waals surface area contributed by atoms with Crippen molar-refractivity contribution in [1.82, 2.24) is 9.47 Å². The fraction of sp³-hybridized carbons (Fsp3) is 0.581. The van der Waals surface area contributed by atoms with Gasteiger partial charge in [-0.15, -0.1) is 11.3 Å². The summed E-state index contributed by atoms with van der Waals surface area (Å²) in [6.07, 6.45) is 20.4. The third kappa shape index (κ3) is 12.7. The van der Waals surface area contributed by atoms with E-state index in [9.17, 15) is 9.59 Å². The maximum Gasteiger partial charge on any atom is 0.307 e. The molecule has 0 aliphatic carbocycles. The molecule has 8 heteroatoms. The highest BCUT2D eigenvalue weighted by atomic mass is 32.1. The third-order valence-electron chi connectivity index (χ3n) is 10.4. The van der Waals surface area contributed by atoms with Crippen molar-refractivity contribution in [3.05, 3.63) is 70.3 Å². The van der Waals surface area contributed by atoms with Crippen LogP contribution in [-0.2, 0) is 16.3 Å². The standard InChI is InChI=1S/C43H61N3O4S/c1-2-3-4-5-6-7-8-9-10-11-12-13-14-15-21-43(48)50-35-46-40-34-37(24-22-36(40)23-25-42(46)47)49-32-17-16-27-44-28-30-45(31-29-44)39-19-18-20-41-38(39)26-33-51-41/h18-20,22-26,33-34H,2-17,21,27-32,35H2,1H3. The number of pyridine rings is 1. The normalized spacial score (nSPS) is 13.7. The number of esters is 1. The van der Waals surface area contributed by atoms with Crippen LogP contribution >= 0.6 is 11.3 Å². The summed E-state index contributed by atoms with van der Waals surface area (Å²) in [5.41, 5.74) is 1.90. The number of hydrogen-bond donors (Lipinski definition) is 0. The summed E-state index contributed by atoms with van der Waals surface area (Å²) in [6.45, 7) is 8.15. The van der Waals surface area contributed by atoms with E-state index in [2.05, 4.69) is 46.4 Å². The number of rotatable bonds is 24. The van der Waals surface area contributed by atoms with Crippen LogP contribution in [-0.4, -0.2) is 54.8 Å². The molecule has 2 aromatic carbocycles. The molecule has 51 heavy (non-hydrogen) atoms. The molecule has 0 unspecified atom stereocenters. The van der Waals surface area contributed by atoms with Gasteiger partial charge < -0.3 is 14.4 Å². The van der Waals surface area contributed by atoms with E-state index in [0.717, 1.165) is 75.1 Å². The molecule has 0 N–H and O–H groups in total. The number of carbonyl (C=O) groups excluding carboxylic acids is 1. The second-order valence-electron chi connectivity index (χ2n) is 14.3. The van der Waals surface area contributed by atoms with Crippen LogP contribution in [0.5, 0.6) is 5.75 Å². The number of thiophene rings is 1. The van der Waals surface area contributed by atoms with Gasteiger partial charge in [0.1, 0.15) is 5.75 Å². The Morgan fingerprint density at radius 2 is 1.43 bits per heavy atom. The summed E-state index contributed by atoms with van der Waals surface area (Å²) in [5, 5.41) is 4.47. The quantitative estimate of drug-likeness (QED) is 0.0532. The first-order valence-corrected chi connectivity index (χ1v) is 20.9. The maximum atomic E-state index is 12.8. The molecule has 7 nitrogen and oxygen atoms in total. The van der Waals surface area contributed by atoms with Crippen molar-refractivity contribution < 1.29 is 14.3 Å². The summed E-state index contributed by atoms with van der Waals surface area (Å²) in [4.78, 5) is 30.4. The zero-order chi connectivity index (χ0) is 35.5. The lowest BCUT2D eigenvalue weighted by atomic mass is 10.0. The van der Waals surface area contributed by atoms with Gasteiger partial charge in [-0.3, -0.25) is 19.1 Å². The van der Waals surface area contributed by atoms with Gasteiger partial charge in [0.15, 0.2) is 6.73 Å². The molecule has 0 radical (unpaired) electrons. The molecule has 1 fully saturated rings. The Morgan fingerprint density at radius 1 is 0.745 bits per heavy atom. The first kappa shape index (κ1) is 38.9. The zero-order valence-electron chi connectivity index (χ0n) is 31.1. The number of carbonyl (C=O) groups is 1. The van der Waals surface area contributed by atoms with E-state index >= 15 is 0 Å². The van der Waals surface area contributed by atoms with Crippen molar-refractivity contribution in [2.24, 2.45) is 0 Å². The number of anilines is 1. The van der Waals surface area contributed by atoms with Gasteiger partial charge in [0.2, 0.25) is 0 Å². The molecule has 2 aromatic heterocycles. The van der Waals surface area contributed by atoms with Crippen LogP contribution in [0.2, 0.25) is 0 Å². The van der Waals surface area contributed by atoms with Crippen LogP contribution in [0, 0.1) is 0 Å². The minimum Gasteiger partial charge on any atom is -0.494 e. The molecule has 0 spiro atoms. The molecular formula is C43H61N3O4S. The van der Waals surface area contributed by atoms with Gasteiger partial charge in [0.05, 0.1) is 12.1 Å². The van der Waals surface area contributed by atoms with Gasteiger partial charge in [0.25, 0.3) is 5.56 Å². The summed E-state index contributed by atoms with van der Waals surface area (Å²) < 4.78 is 14.6. The Morgan fingerprint density at radius 3 is 2.16 bits per heavy atom. The number of ether oxygens (including phenoxy) is 2. The van der Waals surface area contributed by atoms with Crippen molar-refractivity contribution in [3.8, 4) is 5.75 Å². The van der Waals surface area contributed by atoms with Gasteiger partial charge in [0, 0.05) is 60.5 Å². The van der Waals surface area contributed by atoms with Gasteiger partial charge in [-0.25, -0.2) is 0 Å². The van der Waals surface area contributed by atoms with E-state index in [0.29, 0.717) is 13.0 Å². The molecule has 1 aliphatic rings. The first-order chi connectivity index (χ1) is 25.1. The van der Waals surface area contributed by atoms with Gasteiger partial charge in [-0.05, 0) is 73.0 Å². The van der Waals surface area contributed by atoms with Crippen LogP contribution in [0.1, 0.15) is 116 Å². The topological polar surface area (TPSA) is 64.0 Å². The summed E-state index contributed by atoms with van der Waals surface area (Å²) >= 11 is 1.81. The number of benzene rings is 2. The largest absolute Gasteiger partial charge is 0.494 e. The Kier molecular flexibility index (Phi) is 16.7. The molecule has 278 valence electrons. The van der Waals surface area contributed by atoms with Crippen molar-refractivity contribution in [3.63, 3.8) is 0 Å². The van der Waals surface area contributed by atoms with E-state index in [-0.39, 0.29) is 18.3 Å². The lowest BCUT2D eigenvalue weighted by Gasteiger charge is -2.36. The van der Waals surface area contributed by atoms with Gasteiger partial charge >= 0.3 is 5.97 Å². The van der Waals surface area contributed by atoms with Crippen LogP contribution in [0.25, 0.3) is 21.0 Å². The van der Waals surface area contributed by atoms with Crippen LogP contribution in [0.3, 0.4) is 0 Å². The van der Waals surface area contributed by atoms with Crippen LogP contribution in [0.4, 0.5) is 5.69 Å². The van der Waals surface area contributed by atoms with E-state index in [1.54, 1.807) is 0 Å². The van der Waals surface area contributed by atoms with Crippen molar-refractivity contribution in [1.29, 1.82) is 0 Å². The van der Waals surface area contributed by atoms with E-state index in [1.807, 2.05) is 35.6 Å². The zero-order valence-corrected chi connectivity index (χ0v) is 31.9. The Balaban J connectivity index is 0.938. The first-order valence-electron chi connectivity index (χ1n) is 20.0. The van der Waals surface area contributed by atoms with Gasteiger partial charge in [-0.2, -0.15) is 0 Å². The highest BCUT2D eigenvalue weighted by Crippen LogP contribution is 2.31. The predicted octanol–water partition coefficient (Wildman–Crippen LogP) is 10.6. The van der Waals surface area contributed by atoms with Crippen molar-refractivity contribution in [2.45, 2.75) is 123 Å². The van der Waals surface area contributed by atoms with Gasteiger partial charge in [-0.1, -0.05) is 96.5 Å². The minimum absolute atomic E-state index is 0.0766. The Labute approximate surface area is 309 Å². The summed E-state index contributed by atoms with van der Waals surface area (Å²) in [7, 11) is 0.